The standard InChI is InChI=1S/C22H23ClN4O3/c23-17-6-4-16(5-7-17)19-20(26-11-9-25(10-12-26)13-14-28)22(30)27(21(19)29)15-18-3-1-2-8-24-18/h1-8,28H,9-15H2. The molecule has 156 valence electrons. The fourth-order valence-corrected chi connectivity index (χ4v) is 3.99. The molecule has 1 aromatic carbocycles. The summed E-state index contributed by atoms with van der Waals surface area (Å²) < 4.78 is 0. The molecule has 30 heavy (non-hydrogen) atoms. The quantitative estimate of drug-likeness (QED) is 0.707. The predicted molar refractivity (Wildman–Crippen MR) is 113 cm³/mol. The first-order valence-electron chi connectivity index (χ1n) is 9.93. The molecule has 0 aliphatic carbocycles. The molecule has 0 spiro atoms. The summed E-state index contributed by atoms with van der Waals surface area (Å²) >= 11 is 6.03. The van der Waals surface area contributed by atoms with E-state index in [-0.39, 0.29) is 25.0 Å². The molecule has 1 fully saturated rings. The predicted octanol–water partition coefficient (Wildman–Crippen LogP) is 1.62. The molecule has 2 aliphatic heterocycles. The van der Waals surface area contributed by atoms with Gasteiger partial charge in [0.05, 0.1) is 24.4 Å². The maximum absolute atomic E-state index is 13.4. The van der Waals surface area contributed by atoms with Crippen LogP contribution in [-0.2, 0) is 16.1 Å². The van der Waals surface area contributed by atoms with Crippen LogP contribution in [0.4, 0.5) is 0 Å². The van der Waals surface area contributed by atoms with Crippen LogP contribution in [0.2, 0.25) is 5.02 Å². The van der Waals surface area contributed by atoms with E-state index in [0.29, 0.717) is 47.2 Å². The number of nitrogens with zero attached hydrogens (tertiary/aromatic N) is 4. The van der Waals surface area contributed by atoms with Gasteiger partial charge in [-0.05, 0) is 29.8 Å². The number of hydrogen-bond acceptors (Lipinski definition) is 6. The van der Waals surface area contributed by atoms with Gasteiger partial charge in [0.15, 0.2) is 0 Å². The summed E-state index contributed by atoms with van der Waals surface area (Å²) in [5.41, 5.74) is 2.17. The fraction of sp³-hybridized carbons (Fsp3) is 0.318. The largest absolute Gasteiger partial charge is 0.395 e. The number of benzene rings is 1. The Labute approximate surface area is 180 Å². The number of β-amino-alcohol motifs (C(OH)–C–C–N with tert-alkyl or cyclic N) is 1. The molecule has 4 rings (SSSR count). The summed E-state index contributed by atoms with van der Waals surface area (Å²) in [6.07, 6.45) is 1.65. The Morgan fingerprint density at radius 1 is 0.967 bits per heavy atom. The minimum Gasteiger partial charge on any atom is -0.395 e. The van der Waals surface area contributed by atoms with Gasteiger partial charge in [-0.1, -0.05) is 29.8 Å². The maximum atomic E-state index is 13.4. The van der Waals surface area contributed by atoms with Gasteiger partial charge in [0.25, 0.3) is 11.8 Å². The molecule has 2 aromatic rings. The molecule has 3 heterocycles. The van der Waals surface area contributed by atoms with Gasteiger partial charge < -0.3 is 10.0 Å². The number of amides is 2. The smallest absolute Gasteiger partial charge is 0.278 e. The first kappa shape index (κ1) is 20.5. The molecule has 2 aliphatic rings. The summed E-state index contributed by atoms with van der Waals surface area (Å²) in [6.45, 7) is 3.51. The second kappa shape index (κ2) is 8.95. The Hall–Kier alpha value is -2.74. The molecule has 7 nitrogen and oxygen atoms in total. The molecular weight excluding hydrogens is 404 g/mol. The van der Waals surface area contributed by atoms with Crippen LogP contribution >= 0.6 is 11.6 Å². The maximum Gasteiger partial charge on any atom is 0.278 e. The zero-order chi connectivity index (χ0) is 21.1. The number of aromatic nitrogens is 1. The number of halogens is 1. The first-order valence-corrected chi connectivity index (χ1v) is 10.3. The Balaban J connectivity index is 1.67. The van der Waals surface area contributed by atoms with Crippen LogP contribution in [0.5, 0.6) is 0 Å². The molecule has 2 amide bonds. The van der Waals surface area contributed by atoms with Gasteiger partial charge >= 0.3 is 0 Å². The van der Waals surface area contributed by atoms with Crippen LogP contribution in [0, 0.1) is 0 Å². The van der Waals surface area contributed by atoms with Crippen LogP contribution in [0.1, 0.15) is 11.3 Å². The van der Waals surface area contributed by atoms with Crippen molar-refractivity contribution in [3.8, 4) is 0 Å². The topological polar surface area (TPSA) is 77.0 Å². The molecule has 1 N–H and O–H groups in total. The highest BCUT2D eigenvalue weighted by Crippen LogP contribution is 2.33. The highest BCUT2D eigenvalue weighted by Gasteiger charge is 2.42. The number of carbonyl (C=O) groups is 2. The number of rotatable bonds is 6. The second-order valence-electron chi connectivity index (χ2n) is 7.30. The minimum atomic E-state index is -0.319. The minimum absolute atomic E-state index is 0.105. The van der Waals surface area contributed by atoms with Gasteiger partial charge in [0.1, 0.15) is 5.70 Å². The number of hydrogen-bond donors (Lipinski definition) is 1. The van der Waals surface area contributed by atoms with E-state index in [1.165, 1.54) is 4.90 Å². The van der Waals surface area contributed by atoms with Gasteiger partial charge in [0.2, 0.25) is 0 Å². The third-order valence-corrected chi connectivity index (χ3v) is 5.68. The van der Waals surface area contributed by atoms with Crippen molar-refractivity contribution in [1.82, 2.24) is 19.7 Å². The second-order valence-corrected chi connectivity index (χ2v) is 7.74. The van der Waals surface area contributed by atoms with Crippen LogP contribution in [-0.4, -0.2) is 75.9 Å². The Morgan fingerprint density at radius 2 is 1.70 bits per heavy atom. The number of piperazine rings is 1. The summed E-state index contributed by atoms with van der Waals surface area (Å²) in [5, 5.41) is 9.74. The Morgan fingerprint density at radius 3 is 2.33 bits per heavy atom. The summed E-state index contributed by atoms with van der Waals surface area (Å²) in [7, 11) is 0. The van der Waals surface area contributed by atoms with Crippen LogP contribution < -0.4 is 0 Å². The van der Waals surface area contributed by atoms with Gasteiger partial charge in [-0.2, -0.15) is 0 Å². The molecular formula is C22H23ClN4O3. The number of pyridine rings is 1. The van der Waals surface area contributed by atoms with Crippen molar-refractivity contribution in [3.05, 3.63) is 70.6 Å². The molecule has 1 saturated heterocycles. The van der Waals surface area contributed by atoms with E-state index in [1.807, 2.05) is 11.0 Å². The van der Waals surface area contributed by atoms with E-state index in [4.69, 9.17) is 11.6 Å². The molecule has 0 bridgehead atoms. The zero-order valence-corrected chi connectivity index (χ0v) is 17.3. The number of aliphatic hydroxyl groups is 1. The summed E-state index contributed by atoms with van der Waals surface area (Å²) in [6, 6.07) is 12.4. The Bertz CT molecular complexity index is 954. The molecule has 0 atom stereocenters. The van der Waals surface area contributed by atoms with Gasteiger partial charge in [-0.25, -0.2) is 0 Å². The van der Waals surface area contributed by atoms with E-state index < -0.39 is 0 Å². The molecule has 0 unspecified atom stereocenters. The molecule has 1 aromatic heterocycles. The van der Waals surface area contributed by atoms with E-state index in [1.54, 1.807) is 42.6 Å². The van der Waals surface area contributed by atoms with Crippen LogP contribution in [0.25, 0.3) is 5.57 Å². The third kappa shape index (κ3) is 4.09. The average molecular weight is 427 g/mol. The van der Waals surface area contributed by atoms with Crippen molar-refractivity contribution in [1.29, 1.82) is 0 Å². The average Bonchev–Trinajstić information content (AvgIpc) is 3.01. The summed E-state index contributed by atoms with van der Waals surface area (Å²) in [4.78, 5) is 36.4. The van der Waals surface area contributed by atoms with E-state index in [2.05, 4.69) is 9.88 Å². The fourth-order valence-electron chi connectivity index (χ4n) is 3.87. The van der Waals surface area contributed by atoms with Gasteiger partial charge in [-0.15, -0.1) is 0 Å². The van der Waals surface area contributed by atoms with E-state index in [0.717, 1.165) is 13.1 Å². The van der Waals surface area contributed by atoms with Crippen molar-refractivity contribution in [2.75, 3.05) is 39.3 Å². The lowest BCUT2D eigenvalue weighted by molar-refractivity contribution is -0.138. The number of aliphatic hydroxyl groups excluding tert-OH is 1. The summed E-state index contributed by atoms with van der Waals surface area (Å²) in [5.74, 6) is -0.619. The van der Waals surface area contributed by atoms with Crippen molar-refractivity contribution in [3.63, 3.8) is 0 Å². The molecule has 0 radical (unpaired) electrons. The van der Waals surface area contributed by atoms with E-state index in [9.17, 15) is 14.7 Å². The lowest BCUT2D eigenvalue weighted by Gasteiger charge is -2.36. The van der Waals surface area contributed by atoms with Crippen molar-refractivity contribution in [2.45, 2.75) is 6.54 Å². The zero-order valence-electron chi connectivity index (χ0n) is 16.5. The number of carbonyl (C=O) groups excluding carboxylic acids is 2. The highest BCUT2D eigenvalue weighted by molar-refractivity contribution is 6.35. The molecule has 8 heteroatoms. The van der Waals surface area contributed by atoms with Gasteiger partial charge in [0, 0.05) is 43.9 Å². The monoisotopic (exact) mass is 426 g/mol. The lowest BCUT2D eigenvalue weighted by Crippen LogP contribution is -2.48. The normalized spacial score (nSPS) is 17.9. The lowest BCUT2D eigenvalue weighted by atomic mass is 10.0. The van der Waals surface area contributed by atoms with Gasteiger partial charge in [-0.3, -0.25) is 24.4 Å². The Kier molecular flexibility index (Phi) is 6.13. The third-order valence-electron chi connectivity index (χ3n) is 5.43. The van der Waals surface area contributed by atoms with Crippen molar-refractivity contribution in [2.24, 2.45) is 0 Å². The van der Waals surface area contributed by atoms with Crippen molar-refractivity contribution < 1.29 is 14.7 Å². The van der Waals surface area contributed by atoms with Crippen LogP contribution in [0.15, 0.2) is 54.4 Å². The van der Waals surface area contributed by atoms with Crippen LogP contribution in [0.3, 0.4) is 0 Å². The molecule has 0 saturated carbocycles. The van der Waals surface area contributed by atoms with E-state index >= 15 is 0 Å². The highest BCUT2D eigenvalue weighted by atomic mass is 35.5. The number of imide groups is 1. The van der Waals surface area contributed by atoms with Crippen molar-refractivity contribution >= 4 is 29.0 Å². The first-order chi connectivity index (χ1) is 14.6. The SMILES string of the molecule is O=C1C(c2ccc(Cl)cc2)=C(N2CCN(CCO)CC2)C(=O)N1Cc1ccccn1.